The van der Waals surface area contributed by atoms with Crippen molar-refractivity contribution >= 4 is 11.5 Å². The molecular weight excluding hydrogens is 329 g/mol. The van der Waals surface area contributed by atoms with Gasteiger partial charge in [-0.15, -0.1) is 0 Å². The molecule has 0 spiro atoms. The van der Waals surface area contributed by atoms with Crippen LogP contribution in [0.2, 0.25) is 0 Å². The third-order valence-electron chi connectivity index (χ3n) is 3.14. The maximum atomic E-state index is 12.6. The molecule has 0 aliphatic rings. The van der Waals surface area contributed by atoms with Crippen molar-refractivity contribution in [3.63, 3.8) is 0 Å². The van der Waals surface area contributed by atoms with Gasteiger partial charge >= 0.3 is 12.1 Å². The summed E-state index contributed by atoms with van der Waals surface area (Å²) in [6.07, 6.45) is -5.68. The molecule has 0 amide bonds. The van der Waals surface area contributed by atoms with Gasteiger partial charge in [0.1, 0.15) is 12.1 Å². The Kier molecular flexibility index (Phi) is 4.95. The molecule has 132 valence electrons. The Morgan fingerprint density at radius 3 is 2.54 bits per heavy atom. The van der Waals surface area contributed by atoms with Gasteiger partial charge in [0.15, 0.2) is 5.82 Å². The summed E-state index contributed by atoms with van der Waals surface area (Å²) in [7, 11) is 0. The molecule has 0 fully saturated rings. The number of rotatable bonds is 5. The molecule has 0 radical (unpaired) electrons. The molecule has 24 heavy (non-hydrogen) atoms. The van der Waals surface area contributed by atoms with E-state index in [9.17, 15) is 22.8 Å². The Balaban J connectivity index is 2.56. The van der Waals surface area contributed by atoms with Gasteiger partial charge in [0.05, 0.1) is 18.7 Å². The predicted octanol–water partition coefficient (Wildman–Crippen LogP) is 1.68. The number of carbonyl (C=O) groups is 1. The number of alkyl halides is 3. The molecule has 7 nitrogen and oxygen atoms in total. The van der Waals surface area contributed by atoms with E-state index < -0.39 is 30.7 Å². The lowest BCUT2D eigenvalue weighted by Gasteiger charge is -2.11. The van der Waals surface area contributed by atoms with Crippen LogP contribution >= 0.6 is 0 Å². The van der Waals surface area contributed by atoms with E-state index in [-0.39, 0.29) is 29.6 Å². The first-order valence-electron chi connectivity index (χ1n) is 7.34. The number of hydrogen-bond donors (Lipinski definition) is 0. The fourth-order valence-corrected chi connectivity index (χ4v) is 2.19. The standard InChI is InChI=1S/C14H17F3N4O3/c1-4-24-11(22)7-20-13(23)10-5-9(6-14(15,16)17)18-21(10)12(19-20)8(2)3/h5,8H,4,6-7H2,1-3H3. The maximum Gasteiger partial charge on any atom is 0.394 e. The summed E-state index contributed by atoms with van der Waals surface area (Å²) < 4.78 is 44.4. The Morgan fingerprint density at radius 1 is 1.33 bits per heavy atom. The average Bonchev–Trinajstić information content (AvgIpc) is 2.83. The summed E-state index contributed by atoms with van der Waals surface area (Å²) >= 11 is 0. The first kappa shape index (κ1) is 18.0. The molecule has 0 aromatic carbocycles. The average molecular weight is 346 g/mol. The monoisotopic (exact) mass is 346 g/mol. The number of carbonyl (C=O) groups excluding carboxylic acids is 1. The summed E-state index contributed by atoms with van der Waals surface area (Å²) in [6, 6.07) is 1.07. The highest BCUT2D eigenvalue weighted by atomic mass is 19.4. The molecule has 10 heteroatoms. The SMILES string of the molecule is CCOC(=O)Cn1nc(C(C)C)n2nc(CC(F)(F)F)cc2c1=O. The Morgan fingerprint density at radius 2 is 2.00 bits per heavy atom. The summed E-state index contributed by atoms with van der Waals surface area (Å²) in [6.45, 7) is 4.87. The summed E-state index contributed by atoms with van der Waals surface area (Å²) in [5.74, 6) is -0.594. The van der Waals surface area contributed by atoms with E-state index in [1.165, 1.54) is 0 Å². The van der Waals surface area contributed by atoms with Crippen LogP contribution in [0, 0.1) is 0 Å². The first-order valence-corrected chi connectivity index (χ1v) is 7.34. The Bertz CT molecular complexity index is 808. The quantitative estimate of drug-likeness (QED) is 0.770. The molecule has 0 aliphatic carbocycles. The van der Waals surface area contributed by atoms with E-state index in [0.717, 1.165) is 15.3 Å². The van der Waals surface area contributed by atoms with Crippen molar-refractivity contribution in [3.05, 3.63) is 27.9 Å². The number of hydrogen-bond acceptors (Lipinski definition) is 5. The number of fused-ring (bicyclic) bond motifs is 1. The van der Waals surface area contributed by atoms with Gasteiger partial charge in [-0.2, -0.15) is 23.4 Å². The van der Waals surface area contributed by atoms with Gasteiger partial charge in [0, 0.05) is 5.92 Å². The first-order chi connectivity index (χ1) is 11.1. The summed E-state index contributed by atoms with van der Waals surface area (Å²) in [5.41, 5.74) is -1.04. The zero-order valence-electron chi connectivity index (χ0n) is 13.4. The molecule has 0 atom stereocenters. The van der Waals surface area contributed by atoms with Crippen LogP contribution in [-0.4, -0.2) is 38.1 Å². The molecule has 0 aliphatic heterocycles. The zero-order chi connectivity index (χ0) is 18.1. The minimum absolute atomic E-state index is 0.0581. The number of esters is 1. The number of halogens is 3. The fourth-order valence-electron chi connectivity index (χ4n) is 2.19. The minimum atomic E-state index is -4.44. The van der Waals surface area contributed by atoms with E-state index in [2.05, 4.69) is 10.2 Å². The summed E-state index contributed by atoms with van der Waals surface area (Å²) in [4.78, 5) is 24.0. The highest BCUT2D eigenvalue weighted by Gasteiger charge is 2.30. The van der Waals surface area contributed by atoms with Crippen molar-refractivity contribution < 1.29 is 22.7 Å². The lowest BCUT2D eigenvalue weighted by Crippen LogP contribution is -2.31. The molecule has 0 bridgehead atoms. The van der Waals surface area contributed by atoms with Crippen LogP contribution in [-0.2, 0) is 22.5 Å². The topological polar surface area (TPSA) is 78.5 Å². The smallest absolute Gasteiger partial charge is 0.394 e. The third kappa shape index (κ3) is 3.92. The largest absolute Gasteiger partial charge is 0.465 e. The highest BCUT2D eigenvalue weighted by Crippen LogP contribution is 2.21. The van der Waals surface area contributed by atoms with Gasteiger partial charge < -0.3 is 4.74 Å². The lowest BCUT2D eigenvalue weighted by atomic mass is 10.2. The van der Waals surface area contributed by atoms with Crippen molar-refractivity contribution in [2.24, 2.45) is 0 Å². The molecule has 2 aromatic heterocycles. The fraction of sp³-hybridized carbons (Fsp3) is 0.571. The second-order valence-electron chi connectivity index (χ2n) is 5.51. The Labute approximate surface area is 135 Å². The van der Waals surface area contributed by atoms with Crippen molar-refractivity contribution in [2.45, 2.75) is 45.8 Å². The van der Waals surface area contributed by atoms with E-state index in [4.69, 9.17) is 4.74 Å². The van der Waals surface area contributed by atoms with Crippen molar-refractivity contribution in [3.8, 4) is 0 Å². The predicted molar refractivity (Wildman–Crippen MR) is 77.7 cm³/mol. The molecule has 0 saturated carbocycles. The third-order valence-corrected chi connectivity index (χ3v) is 3.14. The second kappa shape index (κ2) is 6.62. The van der Waals surface area contributed by atoms with E-state index >= 15 is 0 Å². The molecule has 2 aromatic rings. The van der Waals surface area contributed by atoms with Crippen LogP contribution in [0.4, 0.5) is 13.2 Å². The molecule has 2 heterocycles. The van der Waals surface area contributed by atoms with Gasteiger partial charge in [-0.1, -0.05) is 13.8 Å². The van der Waals surface area contributed by atoms with Crippen LogP contribution in [0.15, 0.2) is 10.9 Å². The molecule has 0 N–H and O–H groups in total. The van der Waals surface area contributed by atoms with Gasteiger partial charge in [0.2, 0.25) is 0 Å². The van der Waals surface area contributed by atoms with Gasteiger partial charge in [-0.25, -0.2) is 9.20 Å². The molecular formula is C14H17F3N4O3. The molecule has 2 rings (SSSR count). The molecule has 0 unspecified atom stereocenters. The van der Waals surface area contributed by atoms with E-state index in [0.29, 0.717) is 0 Å². The van der Waals surface area contributed by atoms with Gasteiger partial charge in [-0.3, -0.25) is 9.59 Å². The van der Waals surface area contributed by atoms with Gasteiger partial charge in [-0.05, 0) is 13.0 Å². The minimum Gasteiger partial charge on any atom is -0.465 e. The second-order valence-corrected chi connectivity index (χ2v) is 5.51. The van der Waals surface area contributed by atoms with Crippen LogP contribution in [0.5, 0.6) is 0 Å². The highest BCUT2D eigenvalue weighted by molar-refractivity contribution is 5.69. The maximum absolute atomic E-state index is 12.6. The lowest BCUT2D eigenvalue weighted by molar-refractivity contribution is -0.144. The number of aromatic nitrogens is 4. The number of nitrogens with zero attached hydrogens (tertiary/aromatic N) is 4. The van der Waals surface area contributed by atoms with Crippen molar-refractivity contribution in [1.29, 1.82) is 0 Å². The zero-order valence-corrected chi connectivity index (χ0v) is 13.4. The van der Waals surface area contributed by atoms with Crippen LogP contribution in [0.1, 0.15) is 38.2 Å². The van der Waals surface area contributed by atoms with Crippen molar-refractivity contribution in [1.82, 2.24) is 19.4 Å². The van der Waals surface area contributed by atoms with Gasteiger partial charge in [0.25, 0.3) is 5.56 Å². The van der Waals surface area contributed by atoms with Crippen LogP contribution < -0.4 is 5.56 Å². The number of ether oxygens (including phenoxy) is 1. The summed E-state index contributed by atoms with van der Waals surface area (Å²) in [5, 5.41) is 7.90. The molecule has 0 saturated heterocycles. The van der Waals surface area contributed by atoms with E-state index in [1.54, 1.807) is 20.8 Å². The van der Waals surface area contributed by atoms with Crippen molar-refractivity contribution in [2.75, 3.05) is 6.61 Å². The van der Waals surface area contributed by atoms with Crippen LogP contribution in [0.3, 0.4) is 0 Å². The normalized spacial score (nSPS) is 12.1. The Hall–Kier alpha value is -2.39. The van der Waals surface area contributed by atoms with E-state index in [1.807, 2.05) is 0 Å². The van der Waals surface area contributed by atoms with Crippen LogP contribution in [0.25, 0.3) is 5.52 Å².